The highest BCUT2D eigenvalue weighted by Crippen LogP contribution is 2.23. The van der Waals surface area contributed by atoms with E-state index >= 15 is 0 Å². The summed E-state index contributed by atoms with van der Waals surface area (Å²) in [6.07, 6.45) is 3.30. The van der Waals surface area contributed by atoms with Gasteiger partial charge in [0.05, 0.1) is 11.4 Å². The van der Waals surface area contributed by atoms with Gasteiger partial charge in [0.15, 0.2) is 0 Å². The summed E-state index contributed by atoms with van der Waals surface area (Å²) in [6, 6.07) is 6.49. The van der Waals surface area contributed by atoms with Crippen LogP contribution >= 0.6 is 11.8 Å². The lowest BCUT2D eigenvalue weighted by atomic mass is 10.1. The van der Waals surface area contributed by atoms with E-state index in [2.05, 4.69) is 31.5 Å². The van der Waals surface area contributed by atoms with Gasteiger partial charge >= 0.3 is 0 Å². The largest absolute Gasteiger partial charge is 0.397 e. The molecule has 0 aliphatic rings. The summed E-state index contributed by atoms with van der Waals surface area (Å²) in [6.45, 7) is 4.28. The topological polar surface area (TPSA) is 38.0 Å². The van der Waals surface area contributed by atoms with Crippen molar-refractivity contribution in [1.29, 1.82) is 0 Å². The van der Waals surface area contributed by atoms with E-state index in [9.17, 15) is 0 Å². The fourth-order valence-corrected chi connectivity index (χ4v) is 2.09. The number of nitrogen functional groups attached to an aromatic ring is 1. The number of anilines is 2. The summed E-state index contributed by atoms with van der Waals surface area (Å²) >= 11 is 1.88. The zero-order chi connectivity index (χ0) is 11.3. The molecule has 1 unspecified atom stereocenters. The molecule has 1 aromatic rings. The highest BCUT2D eigenvalue weighted by molar-refractivity contribution is 7.98. The van der Waals surface area contributed by atoms with E-state index in [4.69, 9.17) is 5.73 Å². The average molecular weight is 224 g/mol. The highest BCUT2D eigenvalue weighted by Gasteiger charge is 2.06. The first-order chi connectivity index (χ1) is 7.15. The zero-order valence-corrected chi connectivity index (χ0v) is 10.5. The van der Waals surface area contributed by atoms with Gasteiger partial charge < -0.3 is 11.1 Å². The molecule has 3 heteroatoms. The van der Waals surface area contributed by atoms with E-state index in [1.54, 1.807) is 0 Å². The Balaban J connectivity index is 2.63. The molecule has 0 radical (unpaired) electrons. The van der Waals surface area contributed by atoms with Crippen LogP contribution in [-0.2, 0) is 0 Å². The number of nitrogens with one attached hydrogen (secondary N) is 1. The third-order valence-corrected chi connectivity index (χ3v) is 3.09. The van der Waals surface area contributed by atoms with Crippen LogP contribution in [0.4, 0.5) is 11.4 Å². The number of aryl methyl sites for hydroxylation is 1. The molecule has 0 saturated heterocycles. The van der Waals surface area contributed by atoms with E-state index in [-0.39, 0.29) is 0 Å². The highest BCUT2D eigenvalue weighted by atomic mass is 32.2. The molecule has 0 bridgehead atoms. The normalized spacial score (nSPS) is 12.5. The summed E-state index contributed by atoms with van der Waals surface area (Å²) in [5, 5.41) is 3.47. The van der Waals surface area contributed by atoms with E-state index < -0.39 is 0 Å². The van der Waals surface area contributed by atoms with Gasteiger partial charge in [0, 0.05) is 6.04 Å². The minimum Gasteiger partial charge on any atom is -0.397 e. The van der Waals surface area contributed by atoms with Crippen LogP contribution in [0.3, 0.4) is 0 Å². The molecule has 1 atom stereocenters. The smallest absolute Gasteiger partial charge is 0.0605 e. The van der Waals surface area contributed by atoms with Crippen LogP contribution in [0, 0.1) is 6.92 Å². The standard InChI is InChI=1S/C12H20N2S/c1-9-5-4-6-11(13)12(9)14-10(2)7-8-15-3/h4-6,10,14H,7-8,13H2,1-3H3. The molecular formula is C12H20N2S. The first kappa shape index (κ1) is 12.2. The maximum absolute atomic E-state index is 5.93. The van der Waals surface area contributed by atoms with Crippen molar-refractivity contribution < 1.29 is 0 Å². The van der Waals surface area contributed by atoms with E-state index in [1.807, 2.05) is 23.9 Å². The molecular weight excluding hydrogens is 204 g/mol. The molecule has 3 N–H and O–H groups in total. The van der Waals surface area contributed by atoms with Crippen molar-refractivity contribution in [3.05, 3.63) is 23.8 Å². The van der Waals surface area contributed by atoms with Gasteiger partial charge in [-0.2, -0.15) is 11.8 Å². The first-order valence-electron chi connectivity index (χ1n) is 5.25. The lowest BCUT2D eigenvalue weighted by Gasteiger charge is -2.18. The zero-order valence-electron chi connectivity index (χ0n) is 9.71. The molecule has 15 heavy (non-hydrogen) atoms. The summed E-state index contributed by atoms with van der Waals surface area (Å²) in [7, 11) is 0. The lowest BCUT2D eigenvalue weighted by molar-refractivity contribution is 0.771. The molecule has 84 valence electrons. The first-order valence-corrected chi connectivity index (χ1v) is 6.65. The van der Waals surface area contributed by atoms with Gasteiger partial charge in [0.2, 0.25) is 0 Å². The molecule has 0 aliphatic heterocycles. The van der Waals surface area contributed by atoms with Gasteiger partial charge in [-0.1, -0.05) is 12.1 Å². The summed E-state index contributed by atoms with van der Waals surface area (Å²) in [5.41, 5.74) is 9.07. The molecule has 0 heterocycles. The number of para-hydroxylation sites is 1. The van der Waals surface area contributed by atoms with Crippen LogP contribution in [0.2, 0.25) is 0 Å². The van der Waals surface area contributed by atoms with E-state index in [1.165, 1.54) is 11.3 Å². The average Bonchev–Trinajstić information content (AvgIpc) is 2.21. The summed E-state index contributed by atoms with van der Waals surface area (Å²) in [4.78, 5) is 0. The lowest BCUT2D eigenvalue weighted by Crippen LogP contribution is -2.17. The van der Waals surface area contributed by atoms with Crippen LogP contribution in [-0.4, -0.2) is 18.1 Å². The number of hydrogen-bond acceptors (Lipinski definition) is 3. The van der Waals surface area contributed by atoms with Gasteiger partial charge in [-0.15, -0.1) is 0 Å². The minimum atomic E-state index is 0.473. The van der Waals surface area contributed by atoms with Crippen molar-refractivity contribution in [2.24, 2.45) is 0 Å². The monoisotopic (exact) mass is 224 g/mol. The molecule has 2 nitrogen and oxygen atoms in total. The Morgan fingerprint density at radius 3 is 2.80 bits per heavy atom. The number of benzene rings is 1. The van der Waals surface area contributed by atoms with Crippen molar-refractivity contribution >= 4 is 23.1 Å². The van der Waals surface area contributed by atoms with Crippen LogP contribution in [0.15, 0.2) is 18.2 Å². The minimum absolute atomic E-state index is 0.473. The number of rotatable bonds is 5. The number of nitrogens with two attached hydrogens (primary N) is 1. The van der Waals surface area contributed by atoms with Crippen LogP contribution in [0.25, 0.3) is 0 Å². The second kappa shape index (κ2) is 5.91. The molecule has 1 aromatic carbocycles. The van der Waals surface area contributed by atoms with Crippen LogP contribution < -0.4 is 11.1 Å². The van der Waals surface area contributed by atoms with Crippen molar-refractivity contribution in [2.75, 3.05) is 23.1 Å². The van der Waals surface area contributed by atoms with Gasteiger partial charge in [-0.3, -0.25) is 0 Å². The maximum Gasteiger partial charge on any atom is 0.0605 e. The van der Waals surface area contributed by atoms with Crippen molar-refractivity contribution in [3.8, 4) is 0 Å². The van der Waals surface area contributed by atoms with Gasteiger partial charge in [0.25, 0.3) is 0 Å². The van der Waals surface area contributed by atoms with Gasteiger partial charge in [0.1, 0.15) is 0 Å². The van der Waals surface area contributed by atoms with E-state index in [0.29, 0.717) is 6.04 Å². The summed E-state index contributed by atoms with van der Waals surface area (Å²) < 4.78 is 0. The fourth-order valence-electron chi connectivity index (χ4n) is 1.50. The Labute approximate surface area is 96.6 Å². The quantitative estimate of drug-likeness (QED) is 0.755. The molecule has 0 amide bonds. The Morgan fingerprint density at radius 2 is 2.20 bits per heavy atom. The Bertz CT molecular complexity index is 292. The predicted octanol–water partition coefficient (Wildman–Crippen LogP) is 3.13. The van der Waals surface area contributed by atoms with Crippen LogP contribution in [0.5, 0.6) is 0 Å². The summed E-state index contributed by atoms with van der Waals surface area (Å²) in [5.74, 6) is 1.18. The van der Waals surface area contributed by atoms with E-state index in [0.717, 1.165) is 17.8 Å². The molecule has 1 rings (SSSR count). The molecule has 0 spiro atoms. The number of hydrogen-bond donors (Lipinski definition) is 2. The molecule has 0 aliphatic carbocycles. The van der Waals surface area contributed by atoms with Gasteiger partial charge in [-0.25, -0.2) is 0 Å². The number of thioether (sulfide) groups is 1. The van der Waals surface area contributed by atoms with Crippen molar-refractivity contribution in [1.82, 2.24) is 0 Å². The SMILES string of the molecule is CSCCC(C)Nc1c(C)cccc1N. The molecule has 0 fully saturated rings. The Kier molecular flexibility index (Phi) is 4.82. The fraction of sp³-hybridized carbons (Fsp3) is 0.500. The van der Waals surface area contributed by atoms with Crippen molar-refractivity contribution in [2.45, 2.75) is 26.3 Å². The maximum atomic E-state index is 5.93. The van der Waals surface area contributed by atoms with Crippen LogP contribution in [0.1, 0.15) is 18.9 Å². The second-order valence-corrected chi connectivity index (χ2v) is 4.85. The van der Waals surface area contributed by atoms with Crippen molar-refractivity contribution in [3.63, 3.8) is 0 Å². The Hall–Kier alpha value is -0.830. The molecule has 0 saturated carbocycles. The molecule has 0 aromatic heterocycles. The Morgan fingerprint density at radius 1 is 1.47 bits per heavy atom. The second-order valence-electron chi connectivity index (χ2n) is 3.87. The third-order valence-electron chi connectivity index (χ3n) is 2.45. The van der Waals surface area contributed by atoms with Gasteiger partial charge in [-0.05, 0) is 43.9 Å². The third kappa shape index (κ3) is 3.67. The predicted molar refractivity (Wildman–Crippen MR) is 71.7 cm³/mol.